The molecule has 1 aliphatic heterocycles. The van der Waals surface area contributed by atoms with Crippen LogP contribution >= 0.6 is 0 Å². The SMILES string of the molecule is Cn1cc(NC(=O)c2cc(NC(=O)c3cc(NC(=O)c4ccco4)cn3C)cn2C)cc1C(=O)NCCN1CCOCC1. The van der Waals surface area contributed by atoms with Crippen molar-refractivity contribution in [2.75, 3.05) is 55.3 Å². The van der Waals surface area contributed by atoms with E-state index in [2.05, 4.69) is 26.2 Å². The van der Waals surface area contributed by atoms with Gasteiger partial charge in [-0.15, -0.1) is 0 Å². The van der Waals surface area contributed by atoms with Crippen molar-refractivity contribution < 1.29 is 28.3 Å². The van der Waals surface area contributed by atoms with Crippen LogP contribution in [0.25, 0.3) is 0 Å². The topological polar surface area (TPSA) is 157 Å². The smallest absolute Gasteiger partial charge is 0.291 e. The van der Waals surface area contributed by atoms with Gasteiger partial charge < -0.3 is 44.1 Å². The van der Waals surface area contributed by atoms with Gasteiger partial charge >= 0.3 is 0 Å². The molecular weight excluding hydrogens is 556 g/mol. The average Bonchev–Trinajstić information content (AvgIpc) is 3.77. The predicted octanol–water partition coefficient (Wildman–Crippen LogP) is 2.11. The van der Waals surface area contributed by atoms with Gasteiger partial charge in [0.2, 0.25) is 0 Å². The highest BCUT2D eigenvalue weighted by molar-refractivity contribution is 6.08. The summed E-state index contributed by atoms with van der Waals surface area (Å²) in [5.74, 6) is -1.35. The van der Waals surface area contributed by atoms with Crippen molar-refractivity contribution in [1.29, 1.82) is 0 Å². The second-order valence-corrected chi connectivity index (χ2v) is 10.2. The lowest BCUT2D eigenvalue weighted by atomic mass is 10.3. The van der Waals surface area contributed by atoms with Gasteiger partial charge in [-0.2, -0.15) is 0 Å². The standard InChI is InChI=1S/C29H34N8O6/c1-34-16-19(13-22(34)26(38)30-6-7-37-8-11-42-12-9-37)31-27(39)23-14-20(17-35(23)2)32-28(40)24-15-21(18-36(24)3)33-29(41)25-5-4-10-43-25/h4-5,10,13-18H,6-9,11-12H2,1-3H3,(H,30,38)(H,31,39)(H,32,40)(H,33,41). The number of morpholine rings is 1. The van der Waals surface area contributed by atoms with E-state index in [0.717, 1.165) is 19.6 Å². The molecule has 1 saturated heterocycles. The lowest BCUT2D eigenvalue weighted by Gasteiger charge is -2.26. The summed E-state index contributed by atoms with van der Waals surface area (Å²) >= 11 is 0. The molecule has 14 nitrogen and oxygen atoms in total. The number of anilines is 3. The van der Waals surface area contributed by atoms with Gasteiger partial charge in [0.25, 0.3) is 23.6 Å². The van der Waals surface area contributed by atoms with Crippen molar-refractivity contribution in [2.24, 2.45) is 21.1 Å². The van der Waals surface area contributed by atoms with Gasteiger partial charge in [-0.1, -0.05) is 0 Å². The molecule has 0 unspecified atom stereocenters. The molecule has 4 amide bonds. The van der Waals surface area contributed by atoms with E-state index >= 15 is 0 Å². The summed E-state index contributed by atoms with van der Waals surface area (Å²) in [6.07, 6.45) is 6.29. The van der Waals surface area contributed by atoms with E-state index in [-0.39, 0.29) is 11.7 Å². The summed E-state index contributed by atoms with van der Waals surface area (Å²) < 4.78 is 15.3. The number of nitrogens with zero attached hydrogens (tertiary/aromatic N) is 4. The van der Waals surface area contributed by atoms with E-state index in [1.807, 2.05) is 0 Å². The Labute approximate surface area is 247 Å². The zero-order chi connectivity index (χ0) is 30.5. The van der Waals surface area contributed by atoms with Crippen LogP contribution in [0.5, 0.6) is 0 Å². The zero-order valence-corrected chi connectivity index (χ0v) is 24.2. The molecule has 0 spiro atoms. The van der Waals surface area contributed by atoms with Crippen LogP contribution in [0.1, 0.15) is 42.0 Å². The fraction of sp³-hybridized carbons (Fsp3) is 0.310. The molecule has 0 bridgehead atoms. The minimum atomic E-state index is -0.434. The Hall–Kier alpha value is -5.08. The van der Waals surface area contributed by atoms with Crippen LogP contribution in [0.2, 0.25) is 0 Å². The molecular formula is C29H34N8O6. The Morgan fingerprint density at radius 1 is 0.721 bits per heavy atom. The fourth-order valence-electron chi connectivity index (χ4n) is 4.81. The maximum Gasteiger partial charge on any atom is 0.291 e. The largest absolute Gasteiger partial charge is 0.459 e. The molecule has 0 aromatic carbocycles. The Morgan fingerprint density at radius 3 is 1.70 bits per heavy atom. The summed E-state index contributed by atoms with van der Waals surface area (Å²) in [6, 6.07) is 7.86. The molecule has 14 heteroatoms. The third kappa shape index (κ3) is 7.05. The lowest BCUT2D eigenvalue weighted by Crippen LogP contribution is -2.41. The number of amides is 4. The Balaban J connectivity index is 1.17. The second kappa shape index (κ2) is 12.8. The lowest BCUT2D eigenvalue weighted by molar-refractivity contribution is 0.0383. The number of hydrogen-bond acceptors (Lipinski definition) is 7. The number of nitrogens with one attached hydrogen (secondary N) is 4. The number of ether oxygens (including phenoxy) is 1. The highest BCUT2D eigenvalue weighted by Gasteiger charge is 2.19. The summed E-state index contributed by atoms with van der Waals surface area (Å²) in [6.45, 7) is 4.34. The van der Waals surface area contributed by atoms with Crippen LogP contribution in [-0.2, 0) is 25.9 Å². The van der Waals surface area contributed by atoms with E-state index in [1.54, 1.807) is 77.7 Å². The first-order chi connectivity index (χ1) is 20.7. The van der Waals surface area contributed by atoms with Crippen LogP contribution in [-0.4, -0.2) is 81.6 Å². The van der Waals surface area contributed by atoms with Crippen molar-refractivity contribution >= 4 is 40.7 Å². The van der Waals surface area contributed by atoms with Crippen molar-refractivity contribution in [3.63, 3.8) is 0 Å². The van der Waals surface area contributed by atoms with Gasteiger partial charge in [0.15, 0.2) is 5.76 Å². The molecule has 4 aromatic rings. The number of hydrogen-bond donors (Lipinski definition) is 4. The van der Waals surface area contributed by atoms with Crippen LogP contribution in [0.4, 0.5) is 17.1 Å². The van der Waals surface area contributed by atoms with Crippen LogP contribution in [0.3, 0.4) is 0 Å². The number of carbonyl (C=O) groups excluding carboxylic acids is 4. The number of aromatic nitrogens is 3. The molecule has 4 N–H and O–H groups in total. The quantitative estimate of drug-likeness (QED) is 0.220. The fourth-order valence-corrected chi connectivity index (χ4v) is 4.81. The third-order valence-corrected chi connectivity index (χ3v) is 7.05. The normalized spacial score (nSPS) is 13.5. The molecule has 5 rings (SSSR count). The van der Waals surface area contributed by atoms with Crippen molar-refractivity contribution in [2.45, 2.75) is 0 Å². The van der Waals surface area contributed by atoms with Crippen LogP contribution in [0.15, 0.2) is 59.6 Å². The number of carbonyl (C=O) groups is 4. The van der Waals surface area contributed by atoms with Crippen molar-refractivity contribution in [3.8, 4) is 0 Å². The number of aryl methyl sites for hydroxylation is 3. The average molecular weight is 591 g/mol. The Bertz CT molecular complexity index is 1620. The van der Waals surface area contributed by atoms with Crippen LogP contribution in [0, 0.1) is 0 Å². The van der Waals surface area contributed by atoms with Gasteiger partial charge in [0.05, 0.1) is 36.5 Å². The molecule has 1 fully saturated rings. The van der Waals surface area contributed by atoms with Gasteiger partial charge in [-0.05, 0) is 30.3 Å². The first kappa shape index (κ1) is 29.4. The summed E-state index contributed by atoms with van der Waals surface area (Å²) in [5, 5.41) is 11.2. The summed E-state index contributed by atoms with van der Waals surface area (Å²) in [7, 11) is 5.10. The highest BCUT2D eigenvalue weighted by atomic mass is 16.5. The van der Waals surface area contributed by atoms with Crippen molar-refractivity contribution in [1.82, 2.24) is 23.9 Å². The highest BCUT2D eigenvalue weighted by Crippen LogP contribution is 2.20. The van der Waals surface area contributed by atoms with E-state index in [9.17, 15) is 19.2 Å². The monoisotopic (exact) mass is 590 g/mol. The zero-order valence-electron chi connectivity index (χ0n) is 24.2. The summed E-state index contributed by atoms with van der Waals surface area (Å²) in [4.78, 5) is 53.3. The Morgan fingerprint density at radius 2 is 1.21 bits per heavy atom. The van der Waals surface area contributed by atoms with Gasteiger partial charge in [0.1, 0.15) is 17.1 Å². The molecule has 226 valence electrons. The first-order valence-electron chi connectivity index (χ1n) is 13.7. The van der Waals surface area contributed by atoms with E-state index < -0.39 is 17.7 Å². The minimum Gasteiger partial charge on any atom is -0.459 e. The second-order valence-electron chi connectivity index (χ2n) is 10.2. The molecule has 43 heavy (non-hydrogen) atoms. The third-order valence-electron chi connectivity index (χ3n) is 7.05. The predicted molar refractivity (Wildman–Crippen MR) is 158 cm³/mol. The first-order valence-corrected chi connectivity index (χ1v) is 13.7. The van der Waals surface area contributed by atoms with E-state index in [0.29, 0.717) is 53.9 Å². The van der Waals surface area contributed by atoms with E-state index in [1.165, 1.54) is 12.3 Å². The van der Waals surface area contributed by atoms with E-state index in [4.69, 9.17) is 9.15 Å². The maximum absolute atomic E-state index is 13.1. The van der Waals surface area contributed by atoms with Gasteiger partial charge in [-0.25, -0.2) is 0 Å². The molecule has 1 aliphatic rings. The van der Waals surface area contributed by atoms with Gasteiger partial charge in [0, 0.05) is 65.9 Å². The minimum absolute atomic E-state index is 0.152. The molecule has 4 aromatic heterocycles. The number of furan rings is 1. The van der Waals surface area contributed by atoms with Crippen molar-refractivity contribution in [3.05, 3.63) is 78.0 Å². The van der Waals surface area contributed by atoms with Crippen LogP contribution < -0.4 is 21.3 Å². The Kier molecular flexibility index (Phi) is 8.78. The molecule has 0 saturated carbocycles. The molecule has 0 atom stereocenters. The summed E-state index contributed by atoms with van der Waals surface area (Å²) in [5.41, 5.74) is 2.31. The molecule has 5 heterocycles. The maximum atomic E-state index is 13.1. The number of rotatable bonds is 10. The molecule has 0 aliphatic carbocycles. The molecule has 0 radical (unpaired) electrons. The van der Waals surface area contributed by atoms with Gasteiger partial charge in [-0.3, -0.25) is 24.1 Å².